The summed E-state index contributed by atoms with van der Waals surface area (Å²) in [4.78, 5) is 4.89. The predicted octanol–water partition coefficient (Wildman–Crippen LogP) is 4.12. The Morgan fingerprint density at radius 1 is 1.21 bits per heavy atom. The molecule has 1 fully saturated rings. The second kappa shape index (κ2) is 8.25. The molecule has 0 spiro atoms. The van der Waals surface area contributed by atoms with E-state index in [2.05, 4.69) is 48.9 Å². The SMILES string of the molecule is CC(C)=CCCc1nc(C2CCOCC2)nn1Cc1ccccc1. The largest absolute Gasteiger partial charge is 0.381 e. The maximum atomic E-state index is 5.48. The normalized spacial score (nSPS) is 15.4. The van der Waals surface area contributed by atoms with Crippen molar-refractivity contribution in [3.8, 4) is 0 Å². The van der Waals surface area contributed by atoms with Crippen molar-refractivity contribution in [3.63, 3.8) is 0 Å². The van der Waals surface area contributed by atoms with E-state index >= 15 is 0 Å². The van der Waals surface area contributed by atoms with Gasteiger partial charge in [0.2, 0.25) is 0 Å². The Hall–Kier alpha value is -1.94. The van der Waals surface area contributed by atoms with Gasteiger partial charge in [-0.3, -0.25) is 0 Å². The summed E-state index contributed by atoms with van der Waals surface area (Å²) >= 11 is 0. The van der Waals surface area contributed by atoms with Crippen molar-refractivity contribution in [3.05, 3.63) is 59.2 Å². The first-order chi connectivity index (χ1) is 11.7. The molecule has 1 aliphatic heterocycles. The molecule has 4 nitrogen and oxygen atoms in total. The minimum atomic E-state index is 0.443. The molecular formula is C20H27N3O. The van der Waals surface area contributed by atoms with Crippen molar-refractivity contribution >= 4 is 0 Å². The third kappa shape index (κ3) is 4.54. The number of rotatable bonds is 6. The van der Waals surface area contributed by atoms with E-state index in [9.17, 15) is 0 Å². The van der Waals surface area contributed by atoms with Crippen molar-refractivity contribution in [2.45, 2.75) is 52.0 Å². The monoisotopic (exact) mass is 325 g/mol. The van der Waals surface area contributed by atoms with Crippen molar-refractivity contribution < 1.29 is 4.74 Å². The molecule has 0 N–H and O–H groups in total. The number of allylic oxidation sites excluding steroid dienone is 2. The van der Waals surface area contributed by atoms with Crippen LogP contribution >= 0.6 is 0 Å². The molecule has 1 aromatic heterocycles. The van der Waals surface area contributed by atoms with Gasteiger partial charge in [-0.2, -0.15) is 5.10 Å². The zero-order chi connectivity index (χ0) is 16.8. The van der Waals surface area contributed by atoms with Gasteiger partial charge < -0.3 is 4.74 Å². The first kappa shape index (κ1) is 16.9. The second-order valence-corrected chi connectivity index (χ2v) is 6.74. The minimum Gasteiger partial charge on any atom is -0.381 e. The molecule has 1 aliphatic rings. The Labute approximate surface area is 144 Å². The van der Waals surface area contributed by atoms with E-state index in [0.717, 1.165) is 57.1 Å². The fourth-order valence-corrected chi connectivity index (χ4v) is 3.08. The number of hydrogen-bond donors (Lipinski definition) is 0. The quantitative estimate of drug-likeness (QED) is 0.750. The van der Waals surface area contributed by atoms with Gasteiger partial charge in [0, 0.05) is 25.6 Å². The Kier molecular flexibility index (Phi) is 5.81. The van der Waals surface area contributed by atoms with Gasteiger partial charge in [0.25, 0.3) is 0 Å². The van der Waals surface area contributed by atoms with E-state index in [0.29, 0.717) is 5.92 Å². The van der Waals surface area contributed by atoms with Crippen LogP contribution in [-0.2, 0) is 17.7 Å². The number of ether oxygens (including phenoxy) is 1. The molecule has 3 rings (SSSR count). The van der Waals surface area contributed by atoms with Crippen LogP contribution in [0.3, 0.4) is 0 Å². The first-order valence-corrected chi connectivity index (χ1v) is 8.91. The number of aromatic nitrogens is 3. The Morgan fingerprint density at radius 2 is 1.96 bits per heavy atom. The van der Waals surface area contributed by atoms with Gasteiger partial charge in [0.05, 0.1) is 6.54 Å². The van der Waals surface area contributed by atoms with Crippen molar-refractivity contribution in [1.29, 1.82) is 0 Å². The Bertz CT molecular complexity index is 665. The highest BCUT2D eigenvalue weighted by Gasteiger charge is 2.21. The summed E-state index contributed by atoms with van der Waals surface area (Å²) < 4.78 is 7.57. The van der Waals surface area contributed by atoms with Gasteiger partial charge in [-0.25, -0.2) is 9.67 Å². The maximum Gasteiger partial charge on any atom is 0.154 e. The molecule has 0 atom stereocenters. The molecule has 2 heterocycles. The van der Waals surface area contributed by atoms with Gasteiger partial charge in [-0.1, -0.05) is 42.0 Å². The maximum absolute atomic E-state index is 5.48. The van der Waals surface area contributed by atoms with Crippen molar-refractivity contribution in [1.82, 2.24) is 14.8 Å². The standard InChI is InChI=1S/C20H27N3O/c1-16(2)7-6-10-19-21-20(18-11-13-24-14-12-18)22-23(19)15-17-8-4-3-5-9-17/h3-5,7-9,18H,6,10-15H2,1-2H3. The third-order valence-electron chi connectivity index (χ3n) is 4.45. The van der Waals surface area contributed by atoms with Crippen LogP contribution in [0.4, 0.5) is 0 Å². The van der Waals surface area contributed by atoms with E-state index < -0.39 is 0 Å². The lowest BCUT2D eigenvalue weighted by molar-refractivity contribution is 0.0835. The summed E-state index contributed by atoms with van der Waals surface area (Å²) in [6.07, 6.45) is 6.29. The lowest BCUT2D eigenvalue weighted by Gasteiger charge is -2.18. The molecule has 0 amide bonds. The molecule has 0 unspecified atom stereocenters. The van der Waals surface area contributed by atoms with E-state index in [1.807, 2.05) is 6.07 Å². The van der Waals surface area contributed by atoms with Crippen LogP contribution in [-0.4, -0.2) is 28.0 Å². The highest BCUT2D eigenvalue weighted by molar-refractivity contribution is 5.15. The lowest BCUT2D eigenvalue weighted by Crippen LogP contribution is -2.15. The molecule has 128 valence electrons. The van der Waals surface area contributed by atoms with E-state index in [1.54, 1.807) is 0 Å². The van der Waals surface area contributed by atoms with Gasteiger partial charge in [0.1, 0.15) is 5.82 Å². The van der Waals surface area contributed by atoms with Crippen LogP contribution in [0.1, 0.15) is 56.2 Å². The second-order valence-electron chi connectivity index (χ2n) is 6.74. The minimum absolute atomic E-state index is 0.443. The average Bonchev–Trinajstić information content (AvgIpc) is 2.99. The molecular weight excluding hydrogens is 298 g/mol. The number of nitrogens with zero attached hydrogens (tertiary/aromatic N) is 3. The zero-order valence-corrected chi connectivity index (χ0v) is 14.7. The molecule has 1 saturated heterocycles. The van der Waals surface area contributed by atoms with E-state index in [-0.39, 0.29) is 0 Å². The van der Waals surface area contributed by atoms with Gasteiger partial charge >= 0.3 is 0 Å². The molecule has 0 saturated carbocycles. The number of benzene rings is 1. The summed E-state index contributed by atoms with van der Waals surface area (Å²) in [7, 11) is 0. The molecule has 2 aromatic rings. The zero-order valence-electron chi connectivity index (χ0n) is 14.7. The summed E-state index contributed by atoms with van der Waals surface area (Å²) in [5, 5.41) is 4.86. The van der Waals surface area contributed by atoms with Crippen LogP contribution in [0.25, 0.3) is 0 Å². The van der Waals surface area contributed by atoms with Crippen LogP contribution in [0, 0.1) is 0 Å². The van der Waals surface area contributed by atoms with Crippen LogP contribution in [0.15, 0.2) is 42.0 Å². The highest BCUT2D eigenvalue weighted by atomic mass is 16.5. The lowest BCUT2D eigenvalue weighted by atomic mass is 10.00. The number of hydrogen-bond acceptors (Lipinski definition) is 3. The van der Waals surface area contributed by atoms with Crippen molar-refractivity contribution in [2.75, 3.05) is 13.2 Å². The van der Waals surface area contributed by atoms with Gasteiger partial charge in [-0.15, -0.1) is 0 Å². The fraction of sp³-hybridized carbons (Fsp3) is 0.500. The van der Waals surface area contributed by atoms with E-state index in [4.69, 9.17) is 14.8 Å². The molecule has 1 aromatic carbocycles. The van der Waals surface area contributed by atoms with E-state index in [1.165, 1.54) is 11.1 Å². The predicted molar refractivity (Wildman–Crippen MR) is 96.1 cm³/mol. The van der Waals surface area contributed by atoms with Crippen molar-refractivity contribution in [2.24, 2.45) is 0 Å². The molecule has 24 heavy (non-hydrogen) atoms. The highest BCUT2D eigenvalue weighted by Crippen LogP contribution is 2.25. The summed E-state index contributed by atoms with van der Waals surface area (Å²) in [5.74, 6) is 2.54. The summed E-state index contributed by atoms with van der Waals surface area (Å²) in [6, 6.07) is 10.5. The smallest absolute Gasteiger partial charge is 0.154 e. The van der Waals surface area contributed by atoms with Gasteiger partial charge in [-0.05, 0) is 38.7 Å². The van der Waals surface area contributed by atoms with Gasteiger partial charge in [0.15, 0.2) is 5.82 Å². The third-order valence-corrected chi connectivity index (χ3v) is 4.45. The Balaban J connectivity index is 1.80. The molecule has 0 radical (unpaired) electrons. The van der Waals surface area contributed by atoms with Crippen LogP contribution in [0.2, 0.25) is 0 Å². The summed E-state index contributed by atoms with van der Waals surface area (Å²) in [5.41, 5.74) is 2.62. The topological polar surface area (TPSA) is 39.9 Å². The van der Waals surface area contributed by atoms with Crippen LogP contribution < -0.4 is 0 Å². The average molecular weight is 325 g/mol. The molecule has 4 heteroatoms. The molecule has 0 bridgehead atoms. The first-order valence-electron chi connectivity index (χ1n) is 8.91. The fourth-order valence-electron chi connectivity index (χ4n) is 3.08. The number of aryl methyl sites for hydroxylation is 1. The summed E-state index contributed by atoms with van der Waals surface area (Å²) in [6.45, 7) is 6.72. The Morgan fingerprint density at radius 3 is 2.67 bits per heavy atom. The molecule has 0 aliphatic carbocycles. The van der Waals surface area contributed by atoms with Crippen LogP contribution in [0.5, 0.6) is 0 Å².